The van der Waals surface area contributed by atoms with E-state index in [1.165, 1.54) is 12.3 Å². The number of rotatable bonds is 7. The molecule has 1 unspecified atom stereocenters. The second-order valence-electron chi connectivity index (χ2n) is 3.86. The third kappa shape index (κ3) is 4.96. The molecule has 102 valence electrons. The first-order valence-corrected chi connectivity index (χ1v) is 6.95. The van der Waals surface area contributed by atoms with Gasteiger partial charge in [0.2, 0.25) is 10.0 Å². The molecule has 0 saturated carbocycles. The van der Waals surface area contributed by atoms with Crippen LogP contribution in [0.4, 0.5) is 5.82 Å². The predicted molar refractivity (Wildman–Crippen MR) is 68.6 cm³/mol. The molecule has 0 bridgehead atoms. The number of nitrogens with zero attached hydrogens (tertiary/aromatic N) is 1. The van der Waals surface area contributed by atoms with Crippen LogP contribution < -0.4 is 16.2 Å². The van der Waals surface area contributed by atoms with E-state index in [1.807, 2.05) is 0 Å². The molecule has 1 rings (SSSR count). The Morgan fingerprint density at radius 1 is 1.50 bits per heavy atom. The lowest BCUT2D eigenvalue weighted by atomic mass is 10.2. The van der Waals surface area contributed by atoms with Crippen LogP contribution in [-0.2, 0) is 14.8 Å². The van der Waals surface area contributed by atoms with Crippen molar-refractivity contribution < 1.29 is 13.2 Å². The van der Waals surface area contributed by atoms with E-state index in [9.17, 15) is 8.42 Å². The second kappa shape index (κ2) is 6.64. The van der Waals surface area contributed by atoms with Crippen LogP contribution in [0.3, 0.4) is 0 Å². The number of nitrogens with two attached hydrogens (primary N) is 2. The number of aromatic nitrogens is 1. The molecule has 1 aromatic heterocycles. The molecule has 0 aliphatic heterocycles. The minimum absolute atomic E-state index is 0.0101. The molecule has 0 aliphatic carbocycles. The highest BCUT2D eigenvalue weighted by Gasteiger charge is 2.07. The quantitative estimate of drug-likeness (QED) is 0.616. The van der Waals surface area contributed by atoms with Crippen molar-refractivity contribution in [2.24, 2.45) is 10.9 Å². The number of sulfonamides is 1. The molecule has 0 fully saturated rings. The van der Waals surface area contributed by atoms with Crippen molar-refractivity contribution in [1.29, 1.82) is 0 Å². The van der Waals surface area contributed by atoms with Crippen LogP contribution in [0.1, 0.15) is 6.42 Å². The van der Waals surface area contributed by atoms with Gasteiger partial charge in [0.15, 0.2) is 0 Å². The van der Waals surface area contributed by atoms with Gasteiger partial charge in [-0.15, -0.1) is 0 Å². The SMILES string of the molecule is COCC(N)CCNc1ccc(S(N)(=O)=O)cn1. The van der Waals surface area contributed by atoms with E-state index >= 15 is 0 Å². The highest BCUT2D eigenvalue weighted by Crippen LogP contribution is 2.08. The van der Waals surface area contributed by atoms with E-state index in [0.29, 0.717) is 19.0 Å². The number of pyridine rings is 1. The zero-order valence-corrected chi connectivity index (χ0v) is 11.0. The molecule has 1 aromatic rings. The minimum Gasteiger partial charge on any atom is -0.383 e. The third-order valence-electron chi connectivity index (χ3n) is 2.27. The van der Waals surface area contributed by atoms with Crippen LogP contribution in [0, 0.1) is 0 Å². The highest BCUT2D eigenvalue weighted by molar-refractivity contribution is 7.89. The largest absolute Gasteiger partial charge is 0.383 e. The summed E-state index contributed by atoms with van der Waals surface area (Å²) in [7, 11) is -2.09. The van der Waals surface area contributed by atoms with Crippen molar-refractivity contribution in [1.82, 2.24) is 4.98 Å². The number of methoxy groups -OCH3 is 1. The number of primary sulfonamides is 1. The maximum Gasteiger partial charge on any atom is 0.239 e. The molecule has 1 heterocycles. The van der Waals surface area contributed by atoms with E-state index < -0.39 is 10.0 Å². The smallest absolute Gasteiger partial charge is 0.239 e. The Balaban J connectivity index is 2.45. The molecule has 0 aromatic carbocycles. The molecule has 8 heteroatoms. The van der Waals surface area contributed by atoms with E-state index in [2.05, 4.69) is 10.3 Å². The van der Waals surface area contributed by atoms with Gasteiger partial charge in [0.05, 0.1) is 6.61 Å². The summed E-state index contributed by atoms with van der Waals surface area (Å²) in [5.41, 5.74) is 5.75. The fourth-order valence-electron chi connectivity index (χ4n) is 1.34. The molecule has 18 heavy (non-hydrogen) atoms. The summed E-state index contributed by atoms with van der Waals surface area (Å²) in [5.74, 6) is 0.576. The Morgan fingerprint density at radius 2 is 2.22 bits per heavy atom. The maximum absolute atomic E-state index is 11.0. The average molecular weight is 274 g/mol. The van der Waals surface area contributed by atoms with Crippen LogP contribution in [0.15, 0.2) is 23.2 Å². The molecule has 0 saturated heterocycles. The molecule has 7 nitrogen and oxygen atoms in total. The summed E-state index contributed by atoms with van der Waals surface area (Å²) >= 11 is 0. The van der Waals surface area contributed by atoms with Gasteiger partial charge in [-0.25, -0.2) is 18.5 Å². The number of hydrogen-bond donors (Lipinski definition) is 3. The van der Waals surface area contributed by atoms with Gasteiger partial charge >= 0.3 is 0 Å². The predicted octanol–water partition coefficient (Wildman–Crippen LogP) is -0.495. The maximum atomic E-state index is 11.0. The van der Waals surface area contributed by atoms with Crippen LogP contribution in [0.5, 0.6) is 0 Å². The fourth-order valence-corrected chi connectivity index (χ4v) is 1.79. The fraction of sp³-hybridized carbons (Fsp3) is 0.500. The van der Waals surface area contributed by atoms with Gasteiger partial charge in [0.1, 0.15) is 10.7 Å². The van der Waals surface area contributed by atoms with Crippen LogP contribution >= 0.6 is 0 Å². The van der Waals surface area contributed by atoms with Gasteiger partial charge in [-0.05, 0) is 18.6 Å². The Kier molecular flexibility index (Phi) is 5.48. The van der Waals surface area contributed by atoms with Crippen LogP contribution in [0.2, 0.25) is 0 Å². The Bertz CT molecular complexity index is 461. The summed E-state index contributed by atoms with van der Waals surface area (Å²) in [5, 5.41) is 7.99. The monoisotopic (exact) mass is 274 g/mol. The lowest BCUT2D eigenvalue weighted by Gasteiger charge is -2.11. The van der Waals surface area contributed by atoms with E-state index in [4.69, 9.17) is 15.6 Å². The van der Waals surface area contributed by atoms with E-state index in [-0.39, 0.29) is 10.9 Å². The van der Waals surface area contributed by atoms with Crippen LogP contribution in [0.25, 0.3) is 0 Å². The first kappa shape index (κ1) is 14.8. The lowest BCUT2D eigenvalue weighted by Crippen LogP contribution is -2.28. The number of hydrogen-bond acceptors (Lipinski definition) is 6. The molecule has 0 amide bonds. The van der Waals surface area contributed by atoms with Gasteiger partial charge in [-0.1, -0.05) is 0 Å². The standard InChI is InChI=1S/C10H18N4O3S/c1-17-7-8(11)4-5-13-10-3-2-9(6-14-10)18(12,15)16/h2-3,6,8H,4-5,7,11H2,1H3,(H,13,14)(H2,12,15,16). The van der Waals surface area contributed by atoms with Crippen molar-refractivity contribution in [3.8, 4) is 0 Å². The average Bonchev–Trinajstić information content (AvgIpc) is 2.29. The summed E-state index contributed by atoms with van der Waals surface area (Å²) in [4.78, 5) is 3.94. The van der Waals surface area contributed by atoms with Gasteiger partial charge in [0.25, 0.3) is 0 Å². The van der Waals surface area contributed by atoms with Gasteiger partial charge < -0.3 is 15.8 Å². The summed E-state index contributed by atoms with van der Waals surface area (Å²) in [6, 6.07) is 2.92. The number of nitrogens with one attached hydrogen (secondary N) is 1. The number of anilines is 1. The Hall–Kier alpha value is -1.22. The second-order valence-corrected chi connectivity index (χ2v) is 5.42. The normalized spacial score (nSPS) is 13.3. The van der Waals surface area contributed by atoms with Crippen molar-refractivity contribution in [3.63, 3.8) is 0 Å². The lowest BCUT2D eigenvalue weighted by molar-refractivity contribution is 0.178. The van der Waals surface area contributed by atoms with Crippen molar-refractivity contribution in [3.05, 3.63) is 18.3 Å². The highest BCUT2D eigenvalue weighted by atomic mass is 32.2. The van der Waals surface area contributed by atoms with Crippen LogP contribution in [-0.4, -0.2) is 39.7 Å². The molecular weight excluding hydrogens is 256 g/mol. The molecule has 0 spiro atoms. The third-order valence-corrected chi connectivity index (χ3v) is 3.17. The zero-order chi connectivity index (χ0) is 13.6. The first-order valence-electron chi connectivity index (χ1n) is 5.40. The minimum atomic E-state index is -3.69. The van der Waals surface area contributed by atoms with Gasteiger partial charge in [-0.2, -0.15) is 0 Å². The van der Waals surface area contributed by atoms with Crippen molar-refractivity contribution >= 4 is 15.8 Å². The Labute approximate surface area is 107 Å². The molecule has 1 atom stereocenters. The van der Waals surface area contributed by atoms with Gasteiger partial charge in [-0.3, -0.25) is 0 Å². The summed E-state index contributed by atoms with van der Waals surface area (Å²) < 4.78 is 26.9. The molecule has 5 N–H and O–H groups in total. The molecular formula is C10H18N4O3S. The van der Waals surface area contributed by atoms with Crippen molar-refractivity contribution in [2.45, 2.75) is 17.4 Å². The van der Waals surface area contributed by atoms with E-state index in [1.54, 1.807) is 13.2 Å². The van der Waals surface area contributed by atoms with Crippen molar-refractivity contribution in [2.75, 3.05) is 25.6 Å². The topological polar surface area (TPSA) is 120 Å². The zero-order valence-electron chi connectivity index (χ0n) is 10.2. The van der Waals surface area contributed by atoms with Gasteiger partial charge in [0, 0.05) is 25.9 Å². The number of ether oxygens (including phenoxy) is 1. The van der Waals surface area contributed by atoms with E-state index in [0.717, 1.165) is 6.42 Å². The Morgan fingerprint density at radius 3 is 2.72 bits per heavy atom. The molecule has 0 aliphatic rings. The summed E-state index contributed by atoms with van der Waals surface area (Å²) in [6.45, 7) is 1.13. The first-order chi connectivity index (χ1) is 8.43. The molecule has 0 radical (unpaired) electrons. The summed E-state index contributed by atoms with van der Waals surface area (Å²) in [6.07, 6.45) is 1.94.